The van der Waals surface area contributed by atoms with Gasteiger partial charge in [-0.1, -0.05) is 20.3 Å². The van der Waals surface area contributed by atoms with Crippen molar-refractivity contribution in [3.05, 3.63) is 0 Å². The lowest BCUT2D eigenvalue weighted by atomic mass is 9.91. The van der Waals surface area contributed by atoms with Crippen molar-refractivity contribution in [3.8, 4) is 0 Å². The van der Waals surface area contributed by atoms with Crippen LogP contribution in [0.1, 0.15) is 59.3 Å². The number of nitrogens with zero attached hydrogens (tertiary/aromatic N) is 1. The predicted octanol–water partition coefficient (Wildman–Crippen LogP) is 3.29. The number of unbranched alkanes of at least 4 members (excludes halogenated alkanes) is 1. The van der Waals surface area contributed by atoms with Crippen LogP contribution in [0.3, 0.4) is 0 Å². The minimum absolute atomic E-state index is 0.644. The lowest BCUT2D eigenvalue weighted by Gasteiger charge is -2.36. The second-order valence-corrected chi connectivity index (χ2v) is 6.27. The Morgan fingerprint density at radius 1 is 1.20 bits per heavy atom. The third-order valence-electron chi connectivity index (χ3n) is 4.36. The quantitative estimate of drug-likeness (QED) is 0.589. The summed E-state index contributed by atoms with van der Waals surface area (Å²) in [6.45, 7) is 13.6. The van der Waals surface area contributed by atoms with E-state index < -0.39 is 0 Å². The Kier molecular flexibility index (Phi) is 10.3. The van der Waals surface area contributed by atoms with Gasteiger partial charge in [-0.15, -0.1) is 0 Å². The number of likely N-dealkylation sites (tertiary alicyclic amines) is 1. The Labute approximate surface area is 126 Å². The molecule has 3 heteroatoms. The molecule has 1 fully saturated rings. The van der Waals surface area contributed by atoms with Gasteiger partial charge < -0.3 is 15.0 Å². The first kappa shape index (κ1) is 17.9. The Bertz CT molecular complexity index is 221. The van der Waals surface area contributed by atoms with Gasteiger partial charge in [0.25, 0.3) is 0 Å². The molecular formula is C17H36N2O. The van der Waals surface area contributed by atoms with Gasteiger partial charge in [0.15, 0.2) is 0 Å². The first-order valence-corrected chi connectivity index (χ1v) is 8.81. The summed E-state index contributed by atoms with van der Waals surface area (Å²) in [6.07, 6.45) is 7.60. The van der Waals surface area contributed by atoms with Crippen molar-refractivity contribution in [1.82, 2.24) is 10.2 Å². The minimum atomic E-state index is 0.644. The van der Waals surface area contributed by atoms with Gasteiger partial charge >= 0.3 is 0 Å². The molecule has 0 aromatic rings. The molecule has 0 aromatic heterocycles. The molecule has 0 radical (unpaired) electrons. The molecular weight excluding hydrogens is 248 g/mol. The van der Waals surface area contributed by atoms with Crippen LogP contribution >= 0.6 is 0 Å². The highest BCUT2D eigenvalue weighted by Gasteiger charge is 2.23. The van der Waals surface area contributed by atoms with E-state index in [-0.39, 0.29) is 0 Å². The highest BCUT2D eigenvalue weighted by molar-refractivity contribution is 4.80. The van der Waals surface area contributed by atoms with E-state index in [1.165, 1.54) is 51.7 Å². The SMILES string of the molecule is CCCCOCCCNC(C)C1CCCN(CCC)C1. The molecule has 2 unspecified atom stereocenters. The van der Waals surface area contributed by atoms with Gasteiger partial charge in [0, 0.05) is 25.8 Å². The average Bonchev–Trinajstić information content (AvgIpc) is 2.47. The molecule has 1 N–H and O–H groups in total. The van der Waals surface area contributed by atoms with Crippen LogP contribution in [-0.4, -0.2) is 50.3 Å². The van der Waals surface area contributed by atoms with Crippen LogP contribution in [0.4, 0.5) is 0 Å². The van der Waals surface area contributed by atoms with Crippen molar-refractivity contribution in [3.63, 3.8) is 0 Å². The monoisotopic (exact) mass is 284 g/mol. The van der Waals surface area contributed by atoms with E-state index in [9.17, 15) is 0 Å². The van der Waals surface area contributed by atoms with Gasteiger partial charge in [-0.2, -0.15) is 0 Å². The summed E-state index contributed by atoms with van der Waals surface area (Å²) in [5, 5.41) is 3.70. The molecule has 0 aromatic carbocycles. The summed E-state index contributed by atoms with van der Waals surface area (Å²) < 4.78 is 5.60. The number of hydrogen-bond acceptors (Lipinski definition) is 3. The number of hydrogen-bond donors (Lipinski definition) is 1. The van der Waals surface area contributed by atoms with Crippen molar-refractivity contribution in [2.75, 3.05) is 39.4 Å². The van der Waals surface area contributed by atoms with Crippen molar-refractivity contribution in [2.24, 2.45) is 5.92 Å². The summed E-state index contributed by atoms with van der Waals surface area (Å²) >= 11 is 0. The second-order valence-electron chi connectivity index (χ2n) is 6.27. The molecule has 1 aliphatic heterocycles. The van der Waals surface area contributed by atoms with E-state index in [2.05, 4.69) is 31.0 Å². The molecule has 1 aliphatic rings. The van der Waals surface area contributed by atoms with Crippen molar-refractivity contribution in [1.29, 1.82) is 0 Å². The van der Waals surface area contributed by atoms with Crippen molar-refractivity contribution >= 4 is 0 Å². The van der Waals surface area contributed by atoms with E-state index in [4.69, 9.17) is 4.74 Å². The molecule has 20 heavy (non-hydrogen) atoms. The van der Waals surface area contributed by atoms with Crippen LogP contribution in [0.15, 0.2) is 0 Å². The van der Waals surface area contributed by atoms with Gasteiger partial charge in [0.1, 0.15) is 0 Å². The summed E-state index contributed by atoms with van der Waals surface area (Å²) in [5.74, 6) is 0.830. The molecule has 2 atom stereocenters. The van der Waals surface area contributed by atoms with Gasteiger partial charge in [-0.25, -0.2) is 0 Å². The van der Waals surface area contributed by atoms with E-state index in [0.717, 1.165) is 32.1 Å². The largest absolute Gasteiger partial charge is 0.381 e. The van der Waals surface area contributed by atoms with E-state index >= 15 is 0 Å². The lowest BCUT2D eigenvalue weighted by Crippen LogP contribution is -2.44. The number of piperidine rings is 1. The number of nitrogens with one attached hydrogen (secondary N) is 1. The van der Waals surface area contributed by atoms with Crippen molar-refractivity contribution in [2.45, 2.75) is 65.3 Å². The standard InChI is InChI=1S/C17H36N2O/c1-4-6-13-20-14-8-10-18-16(3)17-9-7-12-19(15-17)11-5-2/h16-18H,4-15H2,1-3H3. The Morgan fingerprint density at radius 3 is 2.75 bits per heavy atom. The van der Waals surface area contributed by atoms with Crippen LogP contribution < -0.4 is 5.32 Å². The lowest BCUT2D eigenvalue weighted by molar-refractivity contribution is 0.124. The predicted molar refractivity (Wildman–Crippen MR) is 87.3 cm³/mol. The fourth-order valence-corrected chi connectivity index (χ4v) is 3.04. The molecule has 3 nitrogen and oxygen atoms in total. The van der Waals surface area contributed by atoms with E-state index in [1.807, 2.05) is 0 Å². The molecule has 0 spiro atoms. The topological polar surface area (TPSA) is 24.5 Å². The van der Waals surface area contributed by atoms with Gasteiger partial charge in [-0.3, -0.25) is 0 Å². The molecule has 0 amide bonds. The maximum Gasteiger partial charge on any atom is 0.0478 e. The fraction of sp³-hybridized carbons (Fsp3) is 1.00. The zero-order valence-corrected chi connectivity index (χ0v) is 14.0. The number of rotatable bonds is 11. The first-order chi connectivity index (χ1) is 9.77. The van der Waals surface area contributed by atoms with Crippen LogP contribution in [0, 0.1) is 5.92 Å². The first-order valence-electron chi connectivity index (χ1n) is 8.81. The minimum Gasteiger partial charge on any atom is -0.381 e. The molecule has 0 aliphatic carbocycles. The fourth-order valence-electron chi connectivity index (χ4n) is 3.04. The normalized spacial score (nSPS) is 22.1. The second kappa shape index (κ2) is 11.5. The summed E-state index contributed by atoms with van der Waals surface area (Å²) in [6, 6.07) is 0.644. The maximum atomic E-state index is 5.60. The van der Waals surface area contributed by atoms with E-state index in [0.29, 0.717) is 6.04 Å². The molecule has 120 valence electrons. The van der Waals surface area contributed by atoms with Crippen LogP contribution in [-0.2, 0) is 4.74 Å². The molecule has 1 saturated heterocycles. The molecule has 1 rings (SSSR count). The third kappa shape index (κ3) is 7.61. The Hall–Kier alpha value is -0.120. The molecule has 1 heterocycles. The Morgan fingerprint density at radius 2 is 2.00 bits per heavy atom. The van der Waals surface area contributed by atoms with Gasteiger partial charge in [-0.05, 0) is 64.6 Å². The van der Waals surface area contributed by atoms with Crippen LogP contribution in [0.5, 0.6) is 0 Å². The third-order valence-corrected chi connectivity index (χ3v) is 4.36. The van der Waals surface area contributed by atoms with Gasteiger partial charge in [0.05, 0.1) is 0 Å². The Balaban J connectivity index is 2.05. The maximum absolute atomic E-state index is 5.60. The highest BCUT2D eigenvalue weighted by atomic mass is 16.5. The molecule has 0 bridgehead atoms. The zero-order chi connectivity index (χ0) is 14.6. The summed E-state index contributed by atoms with van der Waals surface area (Å²) in [5.41, 5.74) is 0. The average molecular weight is 284 g/mol. The van der Waals surface area contributed by atoms with Gasteiger partial charge in [0.2, 0.25) is 0 Å². The summed E-state index contributed by atoms with van der Waals surface area (Å²) in [7, 11) is 0. The van der Waals surface area contributed by atoms with E-state index in [1.54, 1.807) is 0 Å². The smallest absolute Gasteiger partial charge is 0.0478 e. The number of ether oxygens (including phenoxy) is 1. The van der Waals surface area contributed by atoms with Crippen LogP contribution in [0.25, 0.3) is 0 Å². The van der Waals surface area contributed by atoms with Crippen molar-refractivity contribution < 1.29 is 4.74 Å². The molecule has 0 saturated carbocycles. The summed E-state index contributed by atoms with van der Waals surface area (Å²) in [4.78, 5) is 2.64. The van der Waals surface area contributed by atoms with Crippen LogP contribution in [0.2, 0.25) is 0 Å². The highest BCUT2D eigenvalue weighted by Crippen LogP contribution is 2.19. The zero-order valence-electron chi connectivity index (χ0n) is 14.0.